The molecule has 0 rings (SSSR count). The van der Waals surface area contributed by atoms with E-state index in [2.05, 4.69) is 0 Å². The molecule has 2 N–H and O–H groups in total. The van der Waals surface area contributed by atoms with Gasteiger partial charge < -0.3 is 19.7 Å². The highest BCUT2D eigenvalue weighted by Gasteiger charge is 2.01. The second-order valence-corrected chi connectivity index (χ2v) is 4.94. The quantitative estimate of drug-likeness (QED) is 0.288. The van der Waals surface area contributed by atoms with E-state index >= 15 is 0 Å². The maximum absolute atomic E-state index is 11.3. The Labute approximate surface area is 132 Å². The first-order valence-electron chi connectivity index (χ1n) is 7.94. The molecule has 6 nitrogen and oxygen atoms in total. The van der Waals surface area contributed by atoms with Gasteiger partial charge in [-0.05, 0) is 38.5 Å². The van der Waals surface area contributed by atoms with Gasteiger partial charge in [0.2, 0.25) is 0 Å². The highest BCUT2D eigenvalue weighted by Crippen LogP contribution is 2.01. The molecule has 0 aromatic heterocycles. The summed E-state index contributed by atoms with van der Waals surface area (Å²) in [4.78, 5) is 22.6. The van der Waals surface area contributed by atoms with E-state index in [4.69, 9.17) is 19.7 Å². The number of aliphatic hydroxyl groups excluding tert-OH is 2. The number of rotatable bonds is 14. The Balaban J connectivity index is 3.51. The number of carbonyl (C=O) groups is 2. The van der Waals surface area contributed by atoms with Crippen LogP contribution in [0.3, 0.4) is 0 Å². The van der Waals surface area contributed by atoms with Gasteiger partial charge in [-0.1, -0.05) is 12.8 Å². The van der Waals surface area contributed by atoms with Crippen molar-refractivity contribution in [3.63, 3.8) is 0 Å². The van der Waals surface area contributed by atoms with Gasteiger partial charge in [-0.15, -0.1) is 0 Å². The number of ether oxygens (including phenoxy) is 2. The molecule has 0 unspecified atom stereocenters. The van der Waals surface area contributed by atoms with Crippen molar-refractivity contribution < 1.29 is 29.3 Å². The minimum atomic E-state index is -0.554. The summed E-state index contributed by atoms with van der Waals surface area (Å²) < 4.78 is 9.85. The fourth-order valence-corrected chi connectivity index (χ4v) is 1.71. The monoisotopic (exact) mass is 316 g/mol. The van der Waals surface area contributed by atoms with Crippen LogP contribution in [0.2, 0.25) is 0 Å². The molecule has 0 aromatic carbocycles. The molecule has 0 heterocycles. The Morgan fingerprint density at radius 1 is 0.636 bits per heavy atom. The number of aliphatic hydroxyl groups is 2. The van der Waals surface area contributed by atoms with E-state index in [0.717, 1.165) is 63.5 Å². The zero-order chi connectivity index (χ0) is 16.5. The molecule has 0 saturated heterocycles. The zero-order valence-electron chi connectivity index (χ0n) is 13.2. The van der Waals surface area contributed by atoms with Gasteiger partial charge in [-0.3, -0.25) is 0 Å². The van der Waals surface area contributed by atoms with Crippen molar-refractivity contribution in [2.24, 2.45) is 0 Å². The topological polar surface area (TPSA) is 93.1 Å². The molecule has 0 spiro atoms. The molecular formula is C16H28O6. The SMILES string of the molecule is O=C(/C=C/C(=O)OCCCCCCO)OCCCCCCO. The maximum atomic E-state index is 11.3. The third kappa shape index (κ3) is 15.0. The van der Waals surface area contributed by atoms with Gasteiger partial charge in [0.15, 0.2) is 0 Å². The van der Waals surface area contributed by atoms with Crippen molar-refractivity contribution in [3.05, 3.63) is 12.2 Å². The molecule has 0 saturated carbocycles. The van der Waals surface area contributed by atoms with Crippen molar-refractivity contribution in [1.29, 1.82) is 0 Å². The lowest BCUT2D eigenvalue weighted by Gasteiger charge is -2.02. The Kier molecular flexibility index (Phi) is 15.0. The van der Waals surface area contributed by atoms with E-state index in [-0.39, 0.29) is 13.2 Å². The lowest BCUT2D eigenvalue weighted by atomic mass is 10.2. The van der Waals surface area contributed by atoms with Crippen LogP contribution in [0.4, 0.5) is 0 Å². The smallest absolute Gasteiger partial charge is 0.331 e. The van der Waals surface area contributed by atoms with E-state index < -0.39 is 11.9 Å². The molecule has 0 aliphatic rings. The number of hydrogen-bond acceptors (Lipinski definition) is 6. The standard InChI is InChI=1S/C16H28O6/c17-11-5-1-3-7-13-21-15(19)9-10-16(20)22-14-8-4-2-6-12-18/h9-10,17-18H,1-8,11-14H2/b10-9+. The predicted molar refractivity (Wildman–Crippen MR) is 82.2 cm³/mol. The molecule has 6 heteroatoms. The molecular weight excluding hydrogens is 288 g/mol. The summed E-state index contributed by atoms with van der Waals surface area (Å²) in [6.07, 6.45) is 8.79. The first kappa shape index (κ1) is 20.6. The van der Waals surface area contributed by atoms with Crippen LogP contribution < -0.4 is 0 Å². The summed E-state index contributed by atoms with van der Waals surface area (Å²) in [6.45, 7) is 1.00. The van der Waals surface area contributed by atoms with Gasteiger partial charge in [-0.25, -0.2) is 9.59 Å². The third-order valence-corrected chi connectivity index (χ3v) is 2.95. The molecule has 0 fully saturated rings. The number of carbonyl (C=O) groups excluding carboxylic acids is 2. The highest BCUT2D eigenvalue weighted by molar-refractivity contribution is 5.91. The largest absolute Gasteiger partial charge is 0.463 e. The van der Waals surface area contributed by atoms with Crippen LogP contribution in [-0.4, -0.2) is 48.6 Å². The summed E-state index contributed by atoms with van der Waals surface area (Å²) >= 11 is 0. The fourth-order valence-electron chi connectivity index (χ4n) is 1.71. The van der Waals surface area contributed by atoms with Gasteiger partial charge in [0, 0.05) is 25.4 Å². The lowest BCUT2D eigenvalue weighted by Crippen LogP contribution is -2.06. The predicted octanol–water partition coefficient (Wildman–Crippen LogP) is 1.73. The summed E-state index contributed by atoms with van der Waals surface area (Å²) in [5.74, 6) is -1.11. The Bertz CT molecular complexity index is 284. The molecule has 0 aliphatic carbocycles. The van der Waals surface area contributed by atoms with Gasteiger partial charge in [-0.2, -0.15) is 0 Å². The average Bonchev–Trinajstić information content (AvgIpc) is 2.52. The Morgan fingerprint density at radius 2 is 1.00 bits per heavy atom. The van der Waals surface area contributed by atoms with Crippen LogP contribution in [-0.2, 0) is 19.1 Å². The average molecular weight is 316 g/mol. The van der Waals surface area contributed by atoms with Crippen LogP contribution >= 0.6 is 0 Å². The summed E-state index contributed by atoms with van der Waals surface area (Å²) in [6, 6.07) is 0. The number of unbranched alkanes of at least 4 members (excludes halogenated alkanes) is 6. The fraction of sp³-hybridized carbons (Fsp3) is 0.750. The molecule has 0 bridgehead atoms. The molecule has 0 aliphatic heterocycles. The van der Waals surface area contributed by atoms with Crippen molar-refractivity contribution in [1.82, 2.24) is 0 Å². The molecule has 0 radical (unpaired) electrons. The van der Waals surface area contributed by atoms with Gasteiger partial charge in [0.25, 0.3) is 0 Å². The molecule has 0 amide bonds. The lowest BCUT2D eigenvalue weighted by molar-refractivity contribution is -0.140. The second-order valence-electron chi connectivity index (χ2n) is 4.94. The van der Waals surface area contributed by atoms with Crippen LogP contribution in [0.1, 0.15) is 51.4 Å². The van der Waals surface area contributed by atoms with Crippen molar-refractivity contribution in [2.45, 2.75) is 51.4 Å². The van der Waals surface area contributed by atoms with E-state index in [1.54, 1.807) is 0 Å². The molecule has 128 valence electrons. The number of hydrogen-bond donors (Lipinski definition) is 2. The molecule has 0 atom stereocenters. The zero-order valence-corrected chi connectivity index (χ0v) is 13.2. The Morgan fingerprint density at radius 3 is 1.36 bits per heavy atom. The second kappa shape index (κ2) is 16.0. The summed E-state index contributed by atoms with van der Waals surface area (Å²) in [5, 5.41) is 17.2. The Hall–Kier alpha value is -1.40. The van der Waals surface area contributed by atoms with Crippen molar-refractivity contribution in [3.8, 4) is 0 Å². The van der Waals surface area contributed by atoms with Gasteiger partial charge in [0.05, 0.1) is 13.2 Å². The van der Waals surface area contributed by atoms with E-state index in [1.807, 2.05) is 0 Å². The van der Waals surface area contributed by atoms with E-state index in [9.17, 15) is 9.59 Å². The van der Waals surface area contributed by atoms with Crippen molar-refractivity contribution >= 4 is 11.9 Å². The first-order chi connectivity index (χ1) is 10.7. The van der Waals surface area contributed by atoms with Crippen molar-refractivity contribution in [2.75, 3.05) is 26.4 Å². The molecule has 0 aromatic rings. The van der Waals surface area contributed by atoms with Crippen LogP contribution in [0.15, 0.2) is 12.2 Å². The van der Waals surface area contributed by atoms with Gasteiger partial charge >= 0.3 is 11.9 Å². The minimum absolute atomic E-state index is 0.187. The normalized spacial score (nSPS) is 10.8. The van der Waals surface area contributed by atoms with Gasteiger partial charge in [0.1, 0.15) is 0 Å². The summed E-state index contributed by atoms with van der Waals surface area (Å²) in [7, 11) is 0. The third-order valence-electron chi connectivity index (χ3n) is 2.95. The van der Waals surface area contributed by atoms with Crippen LogP contribution in [0.5, 0.6) is 0 Å². The highest BCUT2D eigenvalue weighted by atomic mass is 16.5. The summed E-state index contributed by atoms with van der Waals surface area (Å²) in [5.41, 5.74) is 0. The van der Waals surface area contributed by atoms with Crippen LogP contribution in [0, 0.1) is 0 Å². The number of esters is 2. The van der Waals surface area contributed by atoms with Crippen LogP contribution in [0.25, 0.3) is 0 Å². The van der Waals surface area contributed by atoms with E-state index in [1.165, 1.54) is 0 Å². The molecule has 22 heavy (non-hydrogen) atoms. The maximum Gasteiger partial charge on any atom is 0.331 e. The first-order valence-corrected chi connectivity index (χ1v) is 7.94. The minimum Gasteiger partial charge on any atom is -0.463 e. The van der Waals surface area contributed by atoms with E-state index in [0.29, 0.717) is 13.2 Å².